The van der Waals surface area contributed by atoms with E-state index >= 15 is 0 Å². The molecule has 100 valence electrons. The van der Waals surface area contributed by atoms with E-state index in [4.69, 9.17) is 5.84 Å². The van der Waals surface area contributed by atoms with E-state index in [2.05, 4.69) is 15.4 Å². The molecule has 1 aromatic heterocycles. The van der Waals surface area contributed by atoms with Crippen LogP contribution in [0.3, 0.4) is 0 Å². The van der Waals surface area contributed by atoms with Crippen molar-refractivity contribution in [1.82, 2.24) is 9.97 Å². The van der Waals surface area contributed by atoms with E-state index in [0.717, 1.165) is 24.6 Å². The molecule has 0 unspecified atom stereocenters. The van der Waals surface area contributed by atoms with Gasteiger partial charge in [0, 0.05) is 23.4 Å². The van der Waals surface area contributed by atoms with Crippen LogP contribution in [0.5, 0.6) is 5.75 Å². The Morgan fingerprint density at radius 3 is 2.68 bits per heavy atom. The molecule has 0 aliphatic heterocycles. The summed E-state index contributed by atoms with van der Waals surface area (Å²) in [6.45, 7) is 2.03. The summed E-state index contributed by atoms with van der Waals surface area (Å²) in [7, 11) is 0. The van der Waals surface area contributed by atoms with Crippen LogP contribution in [0.2, 0.25) is 0 Å². The molecule has 1 aromatic carbocycles. The number of hydrazine groups is 1. The number of phenolic OH excluding ortho intramolecular Hbond substituents is 1. The molecule has 1 heterocycles. The molecule has 0 atom stereocenters. The van der Waals surface area contributed by atoms with Gasteiger partial charge in [0.2, 0.25) is 0 Å². The van der Waals surface area contributed by atoms with Crippen molar-refractivity contribution in [3.8, 4) is 17.1 Å². The first-order chi connectivity index (χ1) is 9.12. The normalized spacial score (nSPS) is 10.5. The third-order valence-corrected chi connectivity index (χ3v) is 2.57. The quantitative estimate of drug-likeness (QED) is 0.581. The topological polar surface area (TPSA) is 84.1 Å². The number of nitrogens with two attached hydrogens (primary N) is 1. The summed E-state index contributed by atoms with van der Waals surface area (Å²) < 4.78 is 13.3. The fourth-order valence-electron chi connectivity index (χ4n) is 1.79. The fourth-order valence-corrected chi connectivity index (χ4v) is 1.79. The first-order valence-electron chi connectivity index (χ1n) is 5.97. The van der Waals surface area contributed by atoms with Crippen molar-refractivity contribution in [2.45, 2.75) is 19.8 Å². The van der Waals surface area contributed by atoms with Gasteiger partial charge in [0.05, 0.1) is 0 Å². The van der Waals surface area contributed by atoms with Crippen LogP contribution in [0.4, 0.5) is 10.2 Å². The largest absolute Gasteiger partial charge is 0.508 e. The van der Waals surface area contributed by atoms with Crippen molar-refractivity contribution in [1.29, 1.82) is 0 Å². The molecular formula is C13H15FN4O. The number of aryl methyl sites for hydroxylation is 1. The molecule has 4 N–H and O–H groups in total. The van der Waals surface area contributed by atoms with Crippen molar-refractivity contribution < 1.29 is 9.50 Å². The Morgan fingerprint density at radius 1 is 1.26 bits per heavy atom. The summed E-state index contributed by atoms with van der Waals surface area (Å²) >= 11 is 0. The van der Waals surface area contributed by atoms with Gasteiger partial charge in [0.1, 0.15) is 17.4 Å². The van der Waals surface area contributed by atoms with Crippen LogP contribution in [0.25, 0.3) is 11.4 Å². The first-order valence-corrected chi connectivity index (χ1v) is 5.97. The van der Waals surface area contributed by atoms with E-state index in [1.807, 2.05) is 6.92 Å². The molecule has 19 heavy (non-hydrogen) atoms. The van der Waals surface area contributed by atoms with Gasteiger partial charge in [-0.3, -0.25) is 0 Å². The Morgan fingerprint density at radius 2 is 2.05 bits per heavy atom. The Labute approximate surface area is 110 Å². The number of halogens is 1. The van der Waals surface area contributed by atoms with Gasteiger partial charge >= 0.3 is 0 Å². The van der Waals surface area contributed by atoms with Gasteiger partial charge in [-0.1, -0.05) is 13.3 Å². The minimum absolute atomic E-state index is 0.165. The predicted octanol–water partition coefficient (Wildman–Crippen LogP) is 2.23. The second-order valence-corrected chi connectivity index (χ2v) is 4.16. The summed E-state index contributed by atoms with van der Waals surface area (Å²) in [5.41, 5.74) is 3.68. The average molecular weight is 262 g/mol. The van der Waals surface area contributed by atoms with Gasteiger partial charge in [-0.2, -0.15) is 0 Å². The molecule has 0 aliphatic rings. The number of nitrogen functional groups attached to an aromatic ring is 1. The maximum absolute atomic E-state index is 13.3. The lowest BCUT2D eigenvalue weighted by molar-refractivity contribution is 0.469. The maximum Gasteiger partial charge on any atom is 0.162 e. The standard InChI is InChI=1S/C13H15FN4O/c1-2-3-10-7-12(18-15)17-13(16-10)8-4-9(14)6-11(19)5-8/h4-7,19H,2-3,15H2,1H3,(H,16,17,18). The molecule has 0 saturated heterocycles. The molecule has 0 fully saturated rings. The van der Waals surface area contributed by atoms with Crippen LogP contribution >= 0.6 is 0 Å². The molecule has 0 saturated carbocycles. The van der Waals surface area contributed by atoms with Gasteiger partial charge < -0.3 is 10.5 Å². The fraction of sp³-hybridized carbons (Fsp3) is 0.231. The Kier molecular flexibility index (Phi) is 3.91. The third-order valence-electron chi connectivity index (χ3n) is 2.57. The molecule has 0 radical (unpaired) electrons. The highest BCUT2D eigenvalue weighted by atomic mass is 19.1. The molecule has 0 bridgehead atoms. The van der Waals surface area contributed by atoms with Crippen LogP contribution in [-0.4, -0.2) is 15.1 Å². The van der Waals surface area contributed by atoms with Crippen molar-refractivity contribution in [2.24, 2.45) is 5.84 Å². The molecule has 0 amide bonds. The van der Waals surface area contributed by atoms with E-state index in [1.54, 1.807) is 6.07 Å². The average Bonchev–Trinajstić information content (AvgIpc) is 2.37. The van der Waals surface area contributed by atoms with Crippen LogP contribution in [0, 0.1) is 5.82 Å². The van der Waals surface area contributed by atoms with Gasteiger partial charge in [0.25, 0.3) is 0 Å². The molecule has 0 spiro atoms. The zero-order valence-corrected chi connectivity index (χ0v) is 10.5. The van der Waals surface area contributed by atoms with Crippen molar-refractivity contribution in [2.75, 3.05) is 5.43 Å². The number of nitrogens with zero attached hydrogens (tertiary/aromatic N) is 2. The van der Waals surface area contributed by atoms with E-state index in [-0.39, 0.29) is 5.75 Å². The molecule has 2 aromatic rings. The summed E-state index contributed by atoms with van der Waals surface area (Å²) in [6.07, 6.45) is 1.69. The maximum atomic E-state index is 13.3. The summed E-state index contributed by atoms with van der Waals surface area (Å²) in [6, 6.07) is 5.45. The highest BCUT2D eigenvalue weighted by molar-refractivity contribution is 5.59. The number of hydrogen-bond donors (Lipinski definition) is 3. The molecule has 6 heteroatoms. The second-order valence-electron chi connectivity index (χ2n) is 4.16. The lowest BCUT2D eigenvalue weighted by atomic mass is 10.1. The van der Waals surface area contributed by atoms with Crippen molar-refractivity contribution in [3.63, 3.8) is 0 Å². The first kappa shape index (κ1) is 13.2. The number of phenols is 1. The Bertz CT molecular complexity index is 569. The van der Waals surface area contributed by atoms with Crippen molar-refractivity contribution in [3.05, 3.63) is 35.8 Å². The number of nitrogens with one attached hydrogen (secondary N) is 1. The van der Waals surface area contributed by atoms with Gasteiger partial charge in [-0.25, -0.2) is 20.2 Å². The van der Waals surface area contributed by atoms with Crippen LogP contribution in [0.15, 0.2) is 24.3 Å². The summed E-state index contributed by atoms with van der Waals surface area (Å²) in [4.78, 5) is 8.50. The van der Waals surface area contributed by atoms with E-state index in [0.29, 0.717) is 17.2 Å². The number of aromatic nitrogens is 2. The molecule has 2 rings (SSSR count). The van der Waals surface area contributed by atoms with Crippen LogP contribution in [0.1, 0.15) is 19.0 Å². The summed E-state index contributed by atoms with van der Waals surface area (Å²) in [5.74, 6) is 5.44. The summed E-state index contributed by atoms with van der Waals surface area (Å²) in [5, 5.41) is 9.42. The predicted molar refractivity (Wildman–Crippen MR) is 70.9 cm³/mol. The van der Waals surface area contributed by atoms with Gasteiger partial charge in [-0.05, 0) is 18.6 Å². The van der Waals surface area contributed by atoms with E-state index < -0.39 is 5.82 Å². The molecule has 5 nitrogen and oxygen atoms in total. The lowest BCUT2D eigenvalue weighted by Gasteiger charge is -2.07. The number of rotatable bonds is 4. The molecule has 0 aliphatic carbocycles. The van der Waals surface area contributed by atoms with E-state index in [9.17, 15) is 9.50 Å². The zero-order valence-electron chi connectivity index (χ0n) is 10.5. The Balaban J connectivity index is 2.50. The van der Waals surface area contributed by atoms with Gasteiger partial charge in [0.15, 0.2) is 5.82 Å². The highest BCUT2D eigenvalue weighted by Gasteiger charge is 2.09. The number of anilines is 1. The third kappa shape index (κ3) is 3.17. The second kappa shape index (κ2) is 5.62. The van der Waals surface area contributed by atoms with Crippen LogP contribution < -0.4 is 11.3 Å². The van der Waals surface area contributed by atoms with Gasteiger partial charge in [-0.15, -0.1) is 0 Å². The minimum Gasteiger partial charge on any atom is -0.508 e. The zero-order chi connectivity index (χ0) is 13.8. The number of benzene rings is 1. The SMILES string of the molecule is CCCc1cc(NN)nc(-c2cc(O)cc(F)c2)n1. The number of aromatic hydroxyl groups is 1. The van der Waals surface area contributed by atoms with Crippen LogP contribution in [-0.2, 0) is 6.42 Å². The van der Waals surface area contributed by atoms with Crippen molar-refractivity contribution >= 4 is 5.82 Å². The minimum atomic E-state index is -0.540. The Hall–Kier alpha value is -2.21. The number of hydrogen-bond acceptors (Lipinski definition) is 5. The van der Waals surface area contributed by atoms with E-state index in [1.165, 1.54) is 12.1 Å². The monoisotopic (exact) mass is 262 g/mol. The lowest BCUT2D eigenvalue weighted by Crippen LogP contribution is -2.10. The highest BCUT2D eigenvalue weighted by Crippen LogP contribution is 2.23. The molecular weight excluding hydrogens is 247 g/mol. The smallest absolute Gasteiger partial charge is 0.162 e.